The minimum Gasteiger partial charge on any atom is -0.271 e. The molecule has 1 atom stereocenters. The normalized spacial score (nSPS) is 17.3. The number of rotatable bonds is 5. The number of hydrogen-bond acceptors (Lipinski definition) is 3. The first kappa shape index (κ1) is 14.1. The Balaban J connectivity index is 1.95. The van der Waals surface area contributed by atoms with Gasteiger partial charge in [0.15, 0.2) is 0 Å². The molecule has 0 spiro atoms. The Morgan fingerprint density at radius 1 is 1.33 bits per heavy atom. The van der Waals surface area contributed by atoms with E-state index in [0.717, 1.165) is 10.2 Å². The maximum absolute atomic E-state index is 5.69. The van der Waals surface area contributed by atoms with Gasteiger partial charge in [-0.05, 0) is 53.7 Å². The van der Waals surface area contributed by atoms with Crippen molar-refractivity contribution in [3.05, 3.63) is 40.4 Å². The van der Waals surface area contributed by atoms with Crippen LogP contribution < -0.4 is 11.3 Å². The van der Waals surface area contributed by atoms with E-state index in [1.165, 1.54) is 36.2 Å². The second-order valence-electron chi connectivity index (χ2n) is 4.49. The summed E-state index contributed by atoms with van der Waals surface area (Å²) >= 11 is 5.42. The van der Waals surface area contributed by atoms with Gasteiger partial charge in [0.05, 0.1) is 6.04 Å². The molecule has 0 saturated carbocycles. The van der Waals surface area contributed by atoms with Gasteiger partial charge in [-0.25, -0.2) is 0 Å². The first-order valence-electron chi connectivity index (χ1n) is 6.33. The van der Waals surface area contributed by atoms with Gasteiger partial charge < -0.3 is 0 Å². The molecule has 0 radical (unpaired) electrons. The van der Waals surface area contributed by atoms with E-state index < -0.39 is 0 Å². The highest BCUT2D eigenvalue weighted by Gasteiger charge is 2.15. The summed E-state index contributed by atoms with van der Waals surface area (Å²) in [4.78, 5) is 1.27. The third kappa shape index (κ3) is 3.85. The van der Waals surface area contributed by atoms with Gasteiger partial charge in [0.2, 0.25) is 0 Å². The van der Waals surface area contributed by atoms with E-state index in [9.17, 15) is 0 Å². The molecule has 0 aliphatic heterocycles. The monoisotopic (exact) mass is 326 g/mol. The Kier molecular flexibility index (Phi) is 5.76. The molecule has 0 amide bonds. The van der Waals surface area contributed by atoms with Crippen molar-refractivity contribution in [3.8, 4) is 0 Å². The van der Waals surface area contributed by atoms with Crippen LogP contribution in [0.4, 0.5) is 0 Å². The number of halogens is 1. The summed E-state index contributed by atoms with van der Waals surface area (Å²) in [5, 5.41) is 0. The number of hydrazine groups is 1. The molecular formula is C14H19BrN2S. The molecule has 0 aromatic heterocycles. The number of benzene rings is 1. The molecule has 3 N–H and O–H groups in total. The van der Waals surface area contributed by atoms with Crippen LogP contribution in [0.2, 0.25) is 0 Å². The van der Waals surface area contributed by atoms with Gasteiger partial charge in [0.1, 0.15) is 0 Å². The quantitative estimate of drug-likeness (QED) is 0.373. The van der Waals surface area contributed by atoms with Crippen LogP contribution in [0.15, 0.2) is 45.3 Å². The lowest BCUT2D eigenvalue weighted by molar-refractivity contribution is 0.582. The number of allylic oxidation sites excluding steroid dienone is 1. The third-order valence-corrected chi connectivity index (χ3v) is 5.34. The van der Waals surface area contributed by atoms with Crippen LogP contribution in [0.3, 0.4) is 0 Å². The zero-order valence-corrected chi connectivity index (χ0v) is 12.8. The molecular weight excluding hydrogens is 308 g/mol. The van der Waals surface area contributed by atoms with Crippen LogP contribution in [0.5, 0.6) is 0 Å². The largest absolute Gasteiger partial charge is 0.271 e. The molecule has 1 unspecified atom stereocenters. The smallest absolute Gasteiger partial charge is 0.0513 e. The van der Waals surface area contributed by atoms with Crippen LogP contribution in [0.25, 0.3) is 0 Å². The predicted molar refractivity (Wildman–Crippen MR) is 82.5 cm³/mol. The number of hydrogen-bond donors (Lipinski definition) is 2. The highest BCUT2D eigenvalue weighted by molar-refractivity contribution is 9.10. The fourth-order valence-corrected chi connectivity index (χ4v) is 3.84. The number of thioether (sulfide) groups is 1. The van der Waals surface area contributed by atoms with Crippen LogP contribution in [0, 0.1) is 0 Å². The summed E-state index contributed by atoms with van der Waals surface area (Å²) < 4.78 is 1.16. The van der Waals surface area contributed by atoms with Crippen molar-refractivity contribution in [2.24, 2.45) is 5.84 Å². The van der Waals surface area contributed by atoms with Gasteiger partial charge >= 0.3 is 0 Å². The Morgan fingerprint density at radius 3 is 2.83 bits per heavy atom. The molecule has 4 heteroatoms. The van der Waals surface area contributed by atoms with E-state index in [2.05, 4.69) is 45.6 Å². The first-order chi connectivity index (χ1) is 8.81. The van der Waals surface area contributed by atoms with Crippen molar-refractivity contribution in [2.75, 3.05) is 5.75 Å². The van der Waals surface area contributed by atoms with Gasteiger partial charge in [-0.2, -0.15) is 0 Å². The predicted octanol–water partition coefficient (Wildman–Crippen LogP) is 3.87. The first-order valence-corrected chi connectivity index (χ1v) is 8.11. The summed E-state index contributed by atoms with van der Waals surface area (Å²) in [6, 6.07) is 8.61. The lowest BCUT2D eigenvalue weighted by Crippen LogP contribution is -2.39. The van der Waals surface area contributed by atoms with E-state index in [0.29, 0.717) is 6.04 Å². The van der Waals surface area contributed by atoms with Gasteiger partial charge in [-0.3, -0.25) is 11.3 Å². The summed E-state index contributed by atoms with van der Waals surface area (Å²) in [5.41, 5.74) is 4.43. The Morgan fingerprint density at radius 2 is 2.17 bits per heavy atom. The van der Waals surface area contributed by atoms with E-state index in [-0.39, 0.29) is 0 Å². The highest BCUT2D eigenvalue weighted by Crippen LogP contribution is 2.29. The second-order valence-corrected chi connectivity index (χ2v) is 6.40. The third-order valence-electron chi connectivity index (χ3n) is 3.22. The summed E-state index contributed by atoms with van der Waals surface area (Å²) in [6.07, 6.45) is 7.36. The number of nitrogens with one attached hydrogen (secondary N) is 1. The molecule has 18 heavy (non-hydrogen) atoms. The number of nitrogens with two attached hydrogens (primary N) is 1. The Labute approximate surface area is 122 Å². The topological polar surface area (TPSA) is 38.0 Å². The summed E-state index contributed by atoms with van der Waals surface area (Å²) in [7, 11) is 0. The van der Waals surface area contributed by atoms with Crippen molar-refractivity contribution in [2.45, 2.75) is 36.6 Å². The lowest BCUT2D eigenvalue weighted by Gasteiger charge is -2.22. The van der Waals surface area contributed by atoms with E-state index in [1.54, 1.807) is 0 Å². The maximum atomic E-state index is 5.69. The van der Waals surface area contributed by atoms with E-state index in [4.69, 9.17) is 5.84 Å². The summed E-state index contributed by atoms with van der Waals surface area (Å²) in [6.45, 7) is 0. The zero-order valence-electron chi connectivity index (χ0n) is 10.4. The van der Waals surface area contributed by atoms with Crippen LogP contribution >= 0.6 is 27.7 Å². The lowest BCUT2D eigenvalue weighted by atomic mass is 9.95. The molecule has 1 aliphatic carbocycles. The van der Waals surface area contributed by atoms with Gasteiger partial charge in [0, 0.05) is 15.1 Å². The van der Waals surface area contributed by atoms with Crippen molar-refractivity contribution < 1.29 is 0 Å². The Hall–Kier alpha value is -0.290. The Bertz CT molecular complexity index is 420. The van der Waals surface area contributed by atoms with Crippen LogP contribution in [0.1, 0.15) is 25.7 Å². The molecule has 1 aliphatic rings. The van der Waals surface area contributed by atoms with E-state index in [1.807, 2.05) is 17.8 Å². The van der Waals surface area contributed by atoms with Crippen LogP contribution in [-0.2, 0) is 0 Å². The maximum Gasteiger partial charge on any atom is 0.0513 e. The average molecular weight is 327 g/mol. The fourth-order valence-electron chi connectivity index (χ4n) is 2.18. The van der Waals surface area contributed by atoms with Gasteiger partial charge in [-0.15, -0.1) is 11.8 Å². The van der Waals surface area contributed by atoms with E-state index >= 15 is 0 Å². The minimum atomic E-state index is 0.294. The van der Waals surface area contributed by atoms with Crippen molar-refractivity contribution in [1.82, 2.24) is 5.43 Å². The SMILES string of the molecule is NNC(CSc1ccccc1Br)C1=CCCCC1. The van der Waals surface area contributed by atoms with Crippen LogP contribution in [-0.4, -0.2) is 11.8 Å². The molecule has 2 nitrogen and oxygen atoms in total. The molecule has 0 saturated heterocycles. The highest BCUT2D eigenvalue weighted by atomic mass is 79.9. The minimum absolute atomic E-state index is 0.294. The standard InChI is InChI=1S/C14H19BrN2S/c15-12-8-4-5-9-14(12)18-10-13(17-16)11-6-2-1-3-7-11/h4-6,8-9,13,17H,1-3,7,10,16H2. The average Bonchev–Trinajstić information content (AvgIpc) is 2.42. The molecule has 2 rings (SSSR count). The molecule has 98 valence electrons. The van der Waals surface area contributed by atoms with Gasteiger partial charge in [-0.1, -0.05) is 23.8 Å². The second kappa shape index (κ2) is 7.34. The summed E-state index contributed by atoms with van der Waals surface area (Å²) in [5.74, 6) is 6.67. The molecule has 0 fully saturated rings. The fraction of sp³-hybridized carbons (Fsp3) is 0.429. The van der Waals surface area contributed by atoms with Gasteiger partial charge in [0.25, 0.3) is 0 Å². The van der Waals surface area contributed by atoms with Crippen molar-refractivity contribution >= 4 is 27.7 Å². The molecule has 0 bridgehead atoms. The molecule has 0 heterocycles. The molecule has 1 aromatic carbocycles. The van der Waals surface area contributed by atoms with Crippen molar-refractivity contribution in [1.29, 1.82) is 0 Å². The van der Waals surface area contributed by atoms with Crippen molar-refractivity contribution in [3.63, 3.8) is 0 Å². The zero-order chi connectivity index (χ0) is 12.8. The molecule has 1 aromatic rings.